The molecule has 0 saturated heterocycles. The van der Waals surface area contributed by atoms with E-state index in [9.17, 15) is 4.79 Å². The number of carboxylic acids is 1. The Bertz CT molecular complexity index is 418. The molecule has 0 aliphatic rings. The Kier molecular flexibility index (Phi) is 6.92. The predicted molar refractivity (Wildman–Crippen MR) is 80.0 cm³/mol. The maximum atomic E-state index is 11.1. The van der Waals surface area contributed by atoms with Gasteiger partial charge in [0, 0.05) is 4.47 Å². The highest BCUT2D eigenvalue weighted by molar-refractivity contribution is 9.10. The molecule has 19 heavy (non-hydrogen) atoms. The van der Waals surface area contributed by atoms with Crippen molar-refractivity contribution in [1.82, 2.24) is 0 Å². The zero-order valence-electron chi connectivity index (χ0n) is 11.5. The van der Waals surface area contributed by atoms with Crippen molar-refractivity contribution in [1.29, 1.82) is 0 Å². The van der Waals surface area contributed by atoms with Gasteiger partial charge in [0.25, 0.3) is 0 Å². The van der Waals surface area contributed by atoms with Crippen molar-refractivity contribution in [2.24, 2.45) is 0 Å². The lowest BCUT2D eigenvalue weighted by molar-refractivity contribution is 0.0689. The van der Waals surface area contributed by atoms with E-state index in [0.717, 1.165) is 17.3 Å². The van der Waals surface area contributed by atoms with E-state index in [1.54, 1.807) is 18.2 Å². The number of unbranched alkanes of at least 4 members (excludes halogenated alkanes) is 3. The van der Waals surface area contributed by atoms with Crippen LogP contribution in [0.15, 0.2) is 22.7 Å². The second-order valence-electron chi connectivity index (χ2n) is 4.72. The van der Waals surface area contributed by atoms with Gasteiger partial charge in [-0.3, -0.25) is 0 Å². The minimum absolute atomic E-state index is 0.0317. The first-order valence-electron chi connectivity index (χ1n) is 6.74. The van der Waals surface area contributed by atoms with Crippen LogP contribution in [0.25, 0.3) is 0 Å². The normalized spacial score (nSPS) is 12.2. The van der Waals surface area contributed by atoms with Gasteiger partial charge >= 0.3 is 5.97 Å². The van der Waals surface area contributed by atoms with Gasteiger partial charge in [0.15, 0.2) is 0 Å². The fraction of sp³-hybridized carbons (Fsp3) is 0.533. The quantitative estimate of drug-likeness (QED) is 0.691. The van der Waals surface area contributed by atoms with Crippen LogP contribution in [0.1, 0.15) is 56.3 Å². The van der Waals surface area contributed by atoms with E-state index in [0.29, 0.717) is 5.75 Å². The molecular weight excluding hydrogens is 308 g/mol. The van der Waals surface area contributed by atoms with E-state index in [1.165, 1.54) is 19.3 Å². The van der Waals surface area contributed by atoms with E-state index in [4.69, 9.17) is 9.84 Å². The maximum Gasteiger partial charge on any atom is 0.339 e. The molecule has 1 unspecified atom stereocenters. The van der Waals surface area contributed by atoms with Crippen LogP contribution in [0, 0.1) is 0 Å². The number of rotatable bonds is 8. The molecule has 0 radical (unpaired) electrons. The van der Waals surface area contributed by atoms with Gasteiger partial charge in [0.2, 0.25) is 0 Å². The summed E-state index contributed by atoms with van der Waals surface area (Å²) in [5.74, 6) is -0.523. The van der Waals surface area contributed by atoms with Crippen LogP contribution < -0.4 is 4.74 Å². The highest BCUT2D eigenvalue weighted by atomic mass is 79.9. The summed E-state index contributed by atoms with van der Waals surface area (Å²) in [5.41, 5.74) is 0.212. The monoisotopic (exact) mass is 328 g/mol. The van der Waals surface area contributed by atoms with Crippen LogP contribution in [-0.2, 0) is 0 Å². The summed E-state index contributed by atoms with van der Waals surface area (Å²) in [6, 6.07) is 4.99. The lowest BCUT2D eigenvalue weighted by atomic mass is 10.1. The molecule has 0 aromatic heterocycles. The fourth-order valence-electron chi connectivity index (χ4n) is 1.90. The van der Waals surface area contributed by atoms with Crippen LogP contribution >= 0.6 is 15.9 Å². The molecule has 0 spiro atoms. The Morgan fingerprint density at radius 1 is 1.37 bits per heavy atom. The zero-order chi connectivity index (χ0) is 14.3. The number of benzene rings is 1. The molecule has 1 N–H and O–H groups in total. The zero-order valence-corrected chi connectivity index (χ0v) is 13.1. The first kappa shape index (κ1) is 16.0. The molecule has 0 aliphatic carbocycles. The number of hydrogen-bond acceptors (Lipinski definition) is 2. The standard InChI is InChI=1S/C15H21BrO3/c1-3-4-5-6-7-11(2)19-14-10-12(16)8-9-13(14)15(17)18/h8-11H,3-7H2,1-2H3,(H,17,18). The second kappa shape index (κ2) is 8.20. The van der Waals surface area contributed by atoms with Crippen molar-refractivity contribution in [3.63, 3.8) is 0 Å². The molecule has 1 atom stereocenters. The van der Waals surface area contributed by atoms with Crippen molar-refractivity contribution in [3.8, 4) is 5.75 Å². The van der Waals surface area contributed by atoms with E-state index in [2.05, 4.69) is 22.9 Å². The summed E-state index contributed by atoms with van der Waals surface area (Å²) < 4.78 is 6.58. The van der Waals surface area contributed by atoms with Crippen LogP contribution in [0.5, 0.6) is 5.75 Å². The smallest absolute Gasteiger partial charge is 0.339 e. The molecule has 1 aromatic rings. The van der Waals surface area contributed by atoms with Crippen LogP contribution in [-0.4, -0.2) is 17.2 Å². The van der Waals surface area contributed by atoms with E-state index >= 15 is 0 Å². The maximum absolute atomic E-state index is 11.1. The summed E-state index contributed by atoms with van der Waals surface area (Å²) in [6.07, 6.45) is 5.75. The van der Waals surface area contributed by atoms with Gasteiger partial charge in [-0.25, -0.2) is 4.79 Å². The molecule has 0 heterocycles. The Balaban J connectivity index is 2.60. The molecular formula is C15H21BrO3. The van der Waals surface area contributed by atoms with Gasteiger partial charge in [0.05, 0.1) is 6.10 Å². The lowest BCUT2D eigenvalue weighted by Crippen LogP contribution is -2.14. The molecule has 106 valence electrons. The third-order valence-corrected chi connectivity index (χ3v) is 3.46. The number of aromatic carboxylic acids is 1. The average molecular weight is 329 g/mol. The summed E-state index contributed by atoms with van der Waals surface area (Å²) >= 11 is 3.34. The van der Waals surface area contributed by atoms with Crippen LogP contribution in [0.2, 0.25) is 0 Å². The van der Waals surface area contributed by atoms with E-state index in [-0.39, 0.29) is 11.7 Å². The Morgan fingerprint density at radius 3 is 2.74 bits per heavy atom. The summed E-state index contributed by atoms with van der Waals surface area (Å²) in [4.78, 5) is 11.1. The number of carboxylic acid groups (broad SMARTS) is 1. The highest BCUT2D eigenvalue weighted by Gasteiger charge is 2.14. The highest BCUT2D eigenvalue weighted by Crippen LogP contribution is 2.25. The fourth-order valence-corrected chi connectivity index (χ4v) is 2.24. The largest absolute Gasteiger partial charge is 0.490 e. The number of carbonyl (C=O) groups is 1. The average Bonchev–Trinajstić information content (AvgIpc) is 2.34. The molecule has 1 rings (SSSR count). The summed E-state index contributed by atoms with van der Waals surface area (Å²) in [7, 11) is 0. The first-order chi connectivity index (χ1) is 9.04. The van der Waals surface area contributed by atoms with Crippen LogP contribution in [0.3, 0.4) is 0 Å². The SMILES string of the molecule is CCCCCCC(C)Oc1cc(Br)ccc1C(=O)O. The molecule has 0 saturated carbocycles. The summed E-state index contributed by atoms with van der Waals surface area (Å²) in [6.45, 7) is 4.17. The lowest BCUT2D eigenvalue weighted by Gasteiger charge is -2.16. The summed E-state index contributed by atoms with van der Waals surface area (Å²) in [5, 5.41) is 9.12. The first-order valence-corrected chi connectivity index (χ1v) is 7.53. The minimum atomic E-state index is -0.958. The topological polar surface area (TPSA) is 46.5 Å². The van der Waals surface area contributed by atoms with Crippen molar-refractivity contribution in [3.05, 3.63) is 28.2 Å². The van der Waals surface area contributed by atoms with Gasteiger partial charge in [-0.15, -0.1) is 0 Å². The third-order valence-electron chi connectivity index (χ3n) is 2.97. The van der Waals surface area contributed by atoms with Gasteiger partial charge in [0.1, 0.15) is 11.3 Å². The van der Waals surface area contributed by atoms with E-state index < -0.39 is 5.97 Å². The van der Waals surface area contributed by atoms with Gasteiger partial charge in [-0.05, 0) is 38.0 Å². The molecule has 0 fully saturated rings. The molecule has 1 aromatic carbocycles. The van der Waals surface area contributed by atoms with Crippen molar-refractivity contribution >= 4 is 21.9 Å². The Morgan fingerprint density at radius 2 is 2.11 bits per heavy atom. The Hall–Kier alpha value is -1.03. The molecule has 0 aliphatic heterocycles. The minimum Gasteiger partial charge on any atom is -0.490 e. The van der Waals surface area contributed by atoms with Crippen LogP contribution in [0.4, 0.5) is 0 Å². The number of halogens is 1. The van der Waals surface area contributed by atoms with Crippen molar-refractivity contribution in [2.75, 3.05) is 0 Å². The van der Waals surface area contributed by atoms with Gasteiger partial charge < -0.3 is 9.84 Å². The van der Waals surface area contributed by atoms with Gasteiger partial charge in [-0.1, -0.05) is 42.1 Å². The number of ether oxygens (including phenoxy) is 1. The second-order valence-corrected chi connectivity index (χ2v) is 5.64. The van der Waals surface area contributed by atoms with Crippen molar-refractivity contribution < 1.29 is 14.6 Å². The third kappa shape index (κ3) is 5.64. The molecule has 0 amide bonds. The predicted octanol–water partition coefficient (Wildman–Crippen LogP) is 4.89. The Labute approximate surface area is 123 Å². The molecule has 4 heteroatoms. The molecule has 0 bridgehead atoms. The van der Waals surface area contributed by atoms with Gasteiger partial charge in [-0.2, -0.15) is 0 Å². The number of hydrogen-bond donors (Lipinski definition) is 1. The molecule has 3 nitrogen and oxygen atoms in total. The van der Waals surface area contributed by atoms with Crippen molar-refractivity contribution in [2.45, 2.75) is 52.1 Å². The van der Waals surface area contributed by atoms with E-state index in [1.807, 2.05) is 6.92 Å².